The Morgan fingerprint density at radius 2 is 1.54 bits per heavy atom. The number of nitrogens with zero attached hydrogens (tertiary/aromatic N) is 1. The Morgan fingerprint density at radius 1 is 0.943 bits per heavy atom. The van der Waals surface area contributed by atoms with Crippen molar-refractivity contribution in [2.75, 3.05) is 18.6 Å². The number of amides is 2. The normalized spacial score (nSPS) is 12.9. The number of carbonyl (C=O) groups excluding carboxylic acids is 3. The number of hydrogen-bond acceptors (Lipinski definition) is 6. The fourth-order valence-corrected chi connectivity index (χ4v) is 4.56. The van der Waals surface area contributed by atoms with Crippen LogP contribution in [0.2, 0.25) is 0 Å². The zero-order valence-corrected chi connectivity index (χ0v) is 20.1. The molecule has 2 amide bonds. The Hall–Kier alpha value is -4.04. The van der Waals surface area contributed by atoms with E-state index in [0.717, 1.165) is 26.7 Å². The molecule has 0 radical (unpaired) electrons. The van der Waals surface area contributed by atoms with Gasteiger partial charge in [0.25, 0.3) is 5.91 Å². The van der Waals surface area contributed by atoms with Gasteiger partial charge in [0.2, 0.25) is 5.91 Å². The van der Waals surface area contributed by atoms with Crippen molar-refractivity contribution < 1.29 is 23.9 Å². The lowest BCUT2D eigenvalue weighted by Gasteiger charge is -2.30. The molecule has 8 heteroatoms. The highest BCUT2D eigenvalue weighted by molar-refractivity contribution is 7.99. The Bertz CT molecular complexity index is 1230. The topological polar surface area (TPSA) is 84.9 Å². The highest BCUT2D eigenvalue weighted by Crippen LogP contribution is 2.47. The second-order valence-electron chi connectivity index (χ2n) is 7.71. The minimum Gasteiger partial charge on any atom is -0.497 e. The lowest BCUT2D eigenvalue weighted by atomic mass is 10.2. The quantitative estimate of drug-likeness (QED) is 0.387. The second kappa shape index (κ2) is 10.9. The third-order valence-electron chi connectivity index (χ3n) is 5.27. The molecule has 1 heterocycles. The van der Waals surface area contributed by atoms with E-state index in [-0.39, 0.29) is 5.91 Å². The smallest absolute Gasteiger partial charge is 0.328 e. The van der Waals surface area contributed by atoms with Crippen molar-refractivity contribution >= 4 is 47.0 Å². The average molecular weight is 489 g/mol. The largest absolute Gasteiger partial charge is 0.497 e. The summed E-state index contributed by atoms with van der Waals surface area (Å²) in [7, 11) is 1.58. The molecule has 0 saturated heterocycles. The van der Waals surface area contributed by atoms with E-state index in [9.17, 15) is 14.4 Å². The van der Waals surface area contributed by atoms with Gasteiger partial charge in [0, 0.05) is 15.9 Å². The van der Waals surface area contributed by atoms with E-state index in [1.165, 1.54) is 13.0 Å². The molecule has 0 aromatic heterocycles. The zero-order valence-electron chi connectivity index (χ0n) is 19.3. The van der Waals surface area contributed by atoms with Crippen LogP contribution in [-0.4, -0.2) is 37.5 Å². The molecule has 0 aliphatic carbocycles. The second-order valence-corrected chi connectivity index (χ2v) is 8.79. The van der Waals surface area contributed by atoms with Crippen LogP contribution >= 0.6 is 11.8 Å². The van der Waals surface area contributed by atoms with Crippen LogP contribution in [0, 0.1) is 0 Å². The van der Waals surface area contributed by atoms with Crippen molar-refractivity contribution in [3.05, 3.63) is 84.4 Å². The molecule has 3 aromatic carbocycles. The van der Waals surface area contributed by atoms with Crippen LogP contribution in [0.3, 0.4) is 0 Å². The van der Waals surface area contributed by atoms with Gasteiger partial charge in [-0.2, -0.15) is 0 Å². The van der Waals surface area contributed by atoms with Crippen molar-refractivity contribution in [3.63, 3.8) is 0 Å². The van der Waals surface area contributed by atoms with Crippen molar-refractivity contribution in [1.82, 2.24) is 5.32 Å². The number of fused-ring (bicyclic) bond motifs is 2. The summed E-state index contributed by atoms with van der Waals surface area (Å²) in [6.45, 7) is 1.06. The summed E-state index contributed by atoms with van der Waals surface area (Å²) in [5.41, 5.74) is 2.28. The van der Waals surface area contributed by atoms with Crippen LogP contribution in [0.4, 0.5) is 11.4 Å². The van der Waals surface area contributed by atoms with Crippen LogP contribution in [0.1, 0.15) is 12.5 Å². The molecule has 1 atom stereocenters. The lowest BCUT2D eigenvalue weighted by molar-refractivity contribution is -0.150. The molecule has 0 fully saturated rings. The Morgan fingerprint density at radius 3 is 2.14 bits per heavy atom. The summed E-state index contributed by atoms with van der Waals surface area (Å²) in [6, 6.07) is 21.4. The molecular formula is C27H24N2O5S. The maximum Gasteiger partial charge on any atom is 0.328 e. The van der Waals surface area contributed by atoms with Crippen molar-refractivity contribution in [2.24, 2.45) is 0 Å². The Labute approximate surface area is 207 Å². The third-order valence-corrected chi connectivity index (χ3v) is 6.41. The Kier molecular flexibility index (Phi) is 7.52. The van der Waals surface area contributed by atoms with Crippen LogP contribution < -0.4 is 15.0 Å². The number of esters is 1. The number of hydrogen-bond donors (Lipinski definition) is 1. The number of nitrogens with one attached hydrogen (secondary N) is 1. The van der Waals surface area contributed by atoms with Crippen molar-refractivity contribution in [3.8, 4) is 5.75 Å². The number of benzene rings is 3. The van der Waals surface area contributed by atoms with Gasteiger partial charge in [-0.3, -0.25) is 14.5 Å². The maximum absolute atomic E-state index is 13.1. The standard InChI is InChI=1S/C27H24N2O5S/c1-18(28-25(30)16-13-19-11-14-20(33-2)15-12-19)27(32)34-17-26(31)29-21-7-3-5-9-23(21)35-24-10-6-4-8-22(24)29/h3-16,18H,17H2,1-2H3,(H,28,30)/t18-/m0/s1. The van der Waals surface area contributed by atoms with Gasteiger partial charge in [-0.05, 0) is 55.0 Å². The molecule has 0 spiro atoms. The SMILES string of the molecule is COc1ccc(C=CC(=O)N[C@@H](C)C(=O)OCC(=O)N2c3ccccc3Sc3ccccc32)cc1. The van der Waals surface area contributed by atoms with Crippen LogP contribution in [-0.2, 0) is 19.1 Å². The summed E-state index contributed by atoms with van der Waals surface area (Å²) in [5.74, 6) is -0.811. The summed E-state index contributed by atoms with van der Waals surface area (Å²) >= 11 is 1.58. The number of carbonyl (C=O) groups is 3. The van der Waals surface area contributed by atoms with Gasteiger partial charge >= 0.3 is 5.97 Å². The average Bonchev–Trinajstić information content (AvgIpc) is 2.89. The molecule has 4 rings (SSSR count). The molecule has 0 bridgehead atoms. The van der Waals surface area contributed by atoms with Gasteiger partial charge in [0.05, 0.1) is 18.5 Å². The number of rotatable bonds is 7. The molecule has 1 N–H and O–H groups in total. The first-order valence-corrected chi connectivity index (χ1v) is 11.8. The number of anilines is 2. The van der Waals surface area contributed by atoms with Crippen LogP contribution in [0.5, 0.6) is 5.75 Å². The minimum absolute atomic E-state index is 0.378. The van der Waals surface area contributed by atoms with E-state index in [1.807, 2.05) is 48.5 Å². The van der Waals surface area contributed by atoms with Gasteiger partial charge in [-0.25, -0.2) is 4.79 Å². The predicted octanol–water partition coefficient (Wildman–Crippen LogP) is 4.59. The van der Waals surface area contributed by atoms with Gasteiger partial charge < -0.3 is 14.8 Å². The predicted molar refractivity (Wildman–Crippen MR) is 135 cm³/mol. The summed E-state index contributed by atoms with van der Waals surface area (Å²) < 4.78 is 10.4. The molecule has 0 unspecified atom stereocenters. The first kappa shape index (κ1) is 24.1. The molecule has 178 valence electrons. The molecule has 1 aliphatic heterocycles. The van der Waals surface area contributed by atoms with Gasteiger partial charge in [0.1, 0.15) is 11.8 Å². The van der Waals surface area contributed by atoms with Gasteiger partial charge in [-0.1, -0.05) is 48.2 Å². The highest BCUT2D eigenvalue weighted by atomic mass is 32.2. The van der Waals surface area contributed by atoms with Gasteiger partial charge in [0.15, 0.2) is 6.61 Å². The number of ether oxygens (including phenoxy) is 2. The summed E-state index contributed by atoms with van der Waals surface area (Å²) in [5, 5.41) is 2.55. The Balaban J connectivity index is 1.35. The number of methoxy groups -OCH3 is 1. The lowest BCUT2D eigenvalue weighted by Crippen LogP contribution is -2.40. The van der Waals surface area contributed by atoms with E-state index in [1.54, 1.807) is 54.1 Å². The highest BCUT2D eigenvalue weighted by Gasteiger charge is 2.29. The van der Waals surface area contributed by atoms with E-state index in [4.69, 9.17) is 9.47 Å². The zero-order chi connectivity index (χ0) is 24.8. The molecule has 3 aromatic rings. The maximum atomic E-state index is 13.1. The number of para-hydroxylation sites is 2. The first-order valence-electron chi connectivity index (χ1n) is 10.9. The molecule has 7 nitrogen and oxygen atoms in total. The van der Waals surface area contributed by atoms with Crippen molar-refractivity contribution in [2.45, 2.75) is 22.8 Å². The van der Waals surface area contributed by atoms with E-state index in [2.05, 4.69) is 5.32 Å². The van der Waals surface area contributed by atoms with Gasteiger partial charge in [-0.15, -0.1) is 0 Å². The summed E-state index contributed by atoms with van der Waals surface area (Å²) in [6.07, 6.45) is 2.95. The fraction of sp³-hybridized carbons (Fsp3) is 0.148. The first-order chi connectivity index (χ1) is 17.0. The molecule has 35 heavy (non-hydrogen) atoms. The van der Waals surface area contributed by atoms with E-state index in [0.29, 0.717) is 5.75 Å². The van der Waals surface area contributed by atoms with Crippen molar-refractivity contribution in [1.29, 1.82) is 0 Å². The third kappa shape index (κ3) is 5.73. The molecule has 0 saturated carbocycles. The fourth-order valence-electron chi connectivity index (χ4n) is 3.50. The van der Waals surface area contributed by atoms with Crippen LogP contribution in [0.25, 0.3) is 6.08 Å². The summed E-state index contributed by atoms with van der Waals surface area (Å²) in [4.78, 5) is 41.2. The monoisotopic (exact) mass is 488 g/mol. The van der Waals surface area contributed by atoms with E-state index >= 15 is 0 Å². The van der Waals surface area contributed by atoms with E-state index < -0.39 is 24.5 Å². The minimum atomic E-state index is -0.924. The molecule has 1 aliphatic rings. The molecular weight excluding hydrogens is 464 g/mol. The van der Waals surface area contributed by atoms with Crippen LogP contribution in [0.15, 0.2) is 88.7 Å².